The van der Waals surface area contributed by atoms with Crippen molar-refractivity contribution in [3.05, 3.63) is 66.0 Å². The normalized spacial score (nSPS) is 14.1. The predicted octanol–water partition coefficient (Wildman–Crippen LogP) is 5.57. The zero-order valence-corrected chi connectivity index (χ0v) is 20.3. The van der Waals surface area contributed by atoms with Gasteiger partial charge in [0, 0.05) is 19.1 Å². The number of hydrogen-bond donors (Lipinski definition) is 2. The highest BCUT2D eigenvalue weighted by atomic mass is 16.5. The van der Waals surface area contributed by atoms with Crippen LogP contribution in [0.25, 0.3) is 11.2 Å². The van der Waals surface area contributed by atoms with Gasteiger partial charge in [-0.05, 0) is 48.2 Å². The van der Waals surface area contributed by atoms with Gasteiger partial charge >= 0.3 is 0 Å². The van der Waals surface area contributed by atoms with Gasteiger partial charge in [0.25, 0.3) is 0 Å². The van der Waals surface area contributed by atoms with Crippen molar-refractivity contribution in [2.75, 3.05) is 24.9 Å². The third kappa shape index (κ3) is 5.31. The number of ether oxygens (including phenoxy) is 2. The van der Waals surface area contributed by atoms with Crippen LogP contribution < -0.4 is 20.1 Å². The molecule has 2 heterocycles. The first-order chi connectivity index (χ1) is 17.2. The van der Waals surface area contributed by atoms with E-state index in [1.165, 1.54) is 32.1 Å². The van der Waals surface area contributed by atoms with E-state index in [4.69, 9.17) is 24.4 Å². The first kappa shape index (κ1) is 23.0. The monoisotopic (exact) mass is 472 g/mol. The zero-order valence-electron chi connectivity index (χ0n) is 20.3. The number of hydrogen-bond acceptors (Lipinski definition) is 7. The smallest absolute Gasteiger partial charge is 0.227 e. The minimum absolute atomic E-state index is 0.438. The maximum absolute atomic E-state index is 5.27. The van der Waals surface area contributed by atoms with Crippen LogP contribution in [0.2, 0.25) is 0 Å². The lowest BCUT2D eigenvalue weighted by Crippen LogP contribution is -2.13. The molecule has 2 aromatic carbocycles. The minimum Gasteiger partial charge on any atom is -0.497 e. The molecule has 0 spiro atoms. The van der Waals surface area contributed by atoms with E-state index in [1.807, 2.05) is 54.9 Å². The van der Waals surface area contributed by atoms with Gasteiger partial charge in [0.15, 0.2) is 17.0 Å². The summed E-state index contributed by atoms with van der Waals surface area (Å²) in [6.07, 6.45) is 8.07. The molecule has 1 aliphatic carbocycles. The summed E-state index contributed by atoms with van der Waals surface area (Å²) >= 11 is 0. The van der Waals surface area contributed by atoms with Gasteiger partial charge in [0.05, 0.1) is 20.5 Å². The van der Waals surface area contributed by atoms with E-state index in [-0.39, 0.29) is 0 Å². The van der Waals surface area contributed by atoms with Gasteiger partial charge < -0.3 is 24.7 Å². The summed E-state index contributed by atoms with van der Waals surface area (Å²) in [5.41, 5.74) is 3.94. The second-order valence-electron chi connectivity index (χ2n) is 8.91. The van der Waals surface area contributed by atoms with Gasteiger partial charge in [-0.25, -0.2) is 4.98 Å². The molecule has 35 heavy (non-hydrogen) atoms. The third-order valence-corrected chi connectivity index (χ3v) is 6.62. The van der Waals surface area contributed by atoms with Gasteiger partial charge in [-0.3, -0.25) is 0 Å². The fourth-order valence-electron chi connectivity index (χ4n) is 4.60. The number of aromatic nitrogens is 4. The molecule has 8 nitrogen and oxygen atoms in total. The Labute approximate surface area is 205 Å². The highest BCUT2D eigenvalue weighted by Crippen LogP contribution is 2.32. The molecule has 0 atom stereocenters. The van der Waals surface area contributed by atoms with Crippen LogP contribution in [-0.2, 0) is 13.1 Å². The SMILES string of the molecule is COc1ccc(CNc2nc(NCc3ccc(OC)cc3)c3ncn(C4CCCCC4)c3n2)cc1. The number of rotatable bonds is 9. The lowest BCUT2D eigenvalue weighted by molar-refractivity contribution is 0.358. The molecule has 182 valence electrons. The lowest BCUT2D eigenvalue weighted by Gasteiger charge is -2.23. The van der Waals surface area contributed by atoms with Gasteiger partial charge in [0.2, 0.25) is 5.95 Å². The summed E-state index contributed by atoms with van der Waals surface area (Å²) in [5.74, 6) is 3.00. The maximum atomic E-state index is 5.27. The Morgan fingerprint density at radius 2 is 1.40 bits per heavy atom. The molecule has 0 radical (unpaired) electrons. The van der Waals surface area contributed by atoms with Crippen molar-refractivity contribution in [1.29, 1.82) is 0 Å². The molecule has 0 amide bonds. The van der Waals surface area contributed by atoms with Crippen LogP contribution in [0.1, 0.15) is 49.3 Å². The highest BCUT2D eigenvalue weighted by Gasteiger charge is 2.21. The summed E-state index contributed by atoms with van der Waals surface area (Å²) in [7, 11) is 3.35. The molecule has 1 fully saturated rings. The highest BCUT2D eigenvalue weighted by molar-refractivity contribution is 5.84. The van der Waals surface area contributed by atoms with Crippen LogP contribution in [0.5, 0.6) is 11.5 Å². The minimum atomic E-state index is 0.438. The summed E-state index contributed by atoms with van der Waals surface area (Å²) in [4.78, 5) is 14.4. The Morgan fingerprint density at radius 3 is 2.00 bits per heavy atom. The molecule has 0 aliphatic heterocycles. The van der Waals surface area contributed by atoms with Crippen molar-refractivity contribution in [2.24, 2.45) is 0 Å². The number of methoxy groups -OCH3 is 2. The summed E-state index contributed by atoms with van der Waals surface area (Å²) in [6.45, 7) is 1.25. The van der Waals surface area contributed by atoms with Crippen molar-refractivity contribution in [1.82, 2.24) is 19.5 Å². The molecule has 4 aromatic rings. The molecule has 1 aliphatic rings. The van der Waals surface area contributed by atoms with Crippen molar-refractivity contribution in [3.63, 3.8) is 0 Å². The molecule has 0 saturated heterocycles. The Balaban J connectivity index is 1.41. The van der Waals surface area contributed by atoms with Crippen molar-refractivity contribution in [3.8, 4) is 11.5 Å². The Kier molecular flexibility index (Phi) is 6.97. The third-order valence-electron chi connectivity index (χ3n) is 6.62. The molecule has 8 heteroatoms. The summed E-state index contributed by atoms with van der Waals surface area (Å²) < 4.78 is 12.8. The van der Waals surface area contributed by atoms with E-state index in [0.29, 0.717) is 25.1 Å². The standard InChI is InChI=1S/C27H32N6O2/c1-34-22-12-8-19(9-13-22)16-28-25-24-26(33(18-30-24)21-6-4-3-5-7-21)32-27(31-25)29-17-20-10-14-23(35-2)15-11-20/h8-15,18,21H,3-7,16-17H2,1-2H3,(H2,28,29,31,32). The Morgan fingerprint density at radius 1 is 0.800 bits per heavy atom. The second-order valence-corrected chi connectivity index (χ2v) is 8.91. The lowest BCUT2D eigenvalue weighted by atomic mass is 9.95. The van der Waals surface area contributed by atoms with E-state index in [0.717, 1.165) is 39.6 Å². The predicted molar refractivity (Wildman–Crippen MR) is 138 cm³/mol. The molecule has 0 unspecified atom stereocenters. The molecular formula is C27H32N6O2. The molecule has 1 saturated carbocycles. The van der Waals surface area contributed by atoms with E-state index < -0.39 is 0 Å². The molecule has 5 rings (SSSR count). The zero-order chi connectivity index (χ0) is 24.0. The van der Waals surface area contributed by atoms with E-state index >= 15 is 0 Å². The van der Waals surface area contributed by atoms with Crippen LogP contribution in [0, 0.1) is 0 Å². The average molecular weight is 473 g/mol. The molecule has 2 N–H and O–H groups in total. The van der Waals surface area contributed by atoms with Crippen LogP contribution >= 0.6 is 0 Å². The van der Waals surface area contributed by atoms with E-state index in [2.05, 4.69) is 15.2 Å². The van der Waals surface area contributed by atoms with Crippen molar-refractivity contribution in [2.45, 2.75) is 51.2 Å². The van der Waals surface area contributed by atoms with Crippen LogP contribution in [-0.4, -0.2) is 33.7 Å². The summed E-state index contributed by atoms with van der Waals surface area (Å²) in [5, 5.41) is 6.89. The van der Waals surface area contributed by atoms with Crippen molar-refractivity contribution >= 4 is 22.9 Å². The fourth-order valence-corrected chi connectivity index (χ4v) is 4.60. The largest absolute Gasteiger partial charge is 0.497 e. The first-order valence-corrected chi connectivity index (χ1v) is 12.2. The number of imidazole rings is 1. The fraction of sp³-hybridized carbons (Fsp3) is 0.370. The van der Waals surface area contributed by atoms with E-state index in [9.17, 15) is 0 Å². The van der Waals surface area contributed by atoms with Crippen LogP contribution in [0.3, 0.4) is 0 Å². The summed E-state index contributed by atoms with van der Waals surface area (Å²) in [6, 6.07) is 16.5. The van der Waals surface area contributed by atoms with Crippen LogP contribution in [0.15, 0.2) is 54.9 Å². The van der Waals surface area contributed by atoms with Crippen LogP contribution in [0.4, 0.5) is 11.8 Å². The number of nitrogens with zero attached hydrogens (tertiary/aromatic N) is 4. The average Bonchev–Trinajstić information content (AvgIpc) is 3.36. The number of nitrogens with one attached hydrogen (secondary N) is 2. The van der Waals surface area contributed by atoms with Gasteiger partial charge in [-0.1, -0.05) is 43.5 Å². The van der Waals surface area contributed by atoms with Gasteiger partial charge in [-0.2, -0.15) is 9.97 Å². The van der Waals surface area contributed by atoms with Gasteiger partial charge in [0.1, 0.15) is 11.5 Å². The second kappa shape index (κ2) is 10.6. The number of benzene rings is 2. The van der Waals surface area contributed by atoms with Crippen molar-refractivity contribution < 1.29 is 9.47 Å². The Hall–Kier alpha value is -3.81. The van der Waals surface area contributed by atoms with E-state index in [1.54, 1.807) is 14.2 Å². The molecule has 2 aromatic heterocycles. The Bertz CT molecular complexity index is 1250. The number of fused-ring (bicyclic) bond motifs is 1. The first-order valence-electron chi connectivity index (χ1n) is 12.2. The molecule has 0 bridgehead atoms. The molecular weight excluding hydrogens is 440 g/mol. The quantitative estimate of drug-likeness (QED) is 0.329. The topological polar surface area (TPSA) is 86.1 Å². The van der Waals surface area contributed by atoms with Gasteiger partial charge in [-0.15, -0.1) is 0 Å². The maximum Gasteiger partial charge on any atom is 0.227 e. The number of anilines is 2.